The normalized spacial score (nSPS) is 14.4. The summed E-state index contributed by atoms with van der Waals surface area (Å²) in [6.45, 7) is 6.88. The van der Waals surface area contributed by atoms with Crippen molar-refractivity contribution in [3.63, 3.8) is 0 Å². The van der Waals surface area contributed by atoms with Crippen molar-refractivity contribution in [3.8, 4) is 0 Å². The van der Waals surface area contributed by atoms with Crippen molar-refractivity contribution >= 4 is 28.6 Å². The number of ether oxygens (including phenoxy) is 2. The Morgan fingerprint density at radius 3 is 2.50 bits per heavy atom. The van der Waals surface area contributed by atoms with Gasteiger partial charge in [0.1, 0.15) is 6.10 Å². The molecule has 0 aliphatic rings. The molecule has 0 fully saturated rings. The predicted molar refractivity (Wildman–Crippen MR) is 75.8 cm³/mol. The van der Waals surface area contributed by atoms with Gasteiger partial charge < -0.3 is 9.47 Å². The van der Waals surface area contributed by atoms with E-state index in [1.165, 1.54) is 14.0 Å². The van der Waals surface area contributed by atoms with E-state index in [1.807, 2.05) is 29.5 Å². The van der Waals surface area contributed by atoms with Gasteiger partial charge in [0.25, 0.3) is 0 Å². The Hall–Kier alpha value is -0.180. The largest absolute Gasteiger partial charge is 0.420 e. The molecule has 1 atom stereocenters. The Labute approximate surface area is 122 Å². The van der Waals surface area contributed by atoms with Gasteiger partial charge in [-0.15, -0.1) is 0 Å². The van der Waals surface area contributed by atoms with Crippen LogP contribution in [0.25, 0.3) is 0 Å². The topological polar surface area (TPSA) is 54.0 Å². The number of carbonyl (C=O) groups excluding carboxylic acids is 1. The molecule has 0 amide bonds. The van der Waals surface area contributed by atoms with E-state index in [1.54, 1.807) is 19.9 Å². The second-order valence-electron chi connectivity index (χ2n) is 4.18. The van der Waals surface area contributed by atoms with Crippen LogP contribution in [0.3, 0.4) is 0 Å². The van der Waals surface area contributed by atoms with E-state index in [9.17, 15) is 4.79 Å². The molecule has 1 unspecified atom stereocenters. The molecule has 0 saturated heterocycles. The molecule has 6 heteroatoms. The number of methoxy groups -OCH3 is 1. The summed E-state index contributed by atoms with van der Waals surface area (Å²) in [5, 5.41) is 0. The van der Waals surface area contributed by atoms with E-state index in [4.69, 9.17) is 19.2 Å². The number of hydrogen-bond donors (Lipinski definition) is 0. The van der Waals surface area contributed by atoms with Gasteiger partial charge in [-0.3, -0.25) is 4.79 Å². The maximum absolute atomic E-state index is 10.8. The van der Waals surface area contributed by atoms with Crippen LogP contribution in [-0.4, -0.2) is 25.0 Å². The zero-order chi connectivity index (χ0) is 14.2. The lowest BCUT2D eigenvalue weighted by Crippen LogP contribution is -2.29. The predicted octanol–water partition coefficient (Wildman–Crippen LogP) is 3.33. The fraction of sp³-hybridized carbons (Fsp3) is 0.750. The number of halogens is 1. The number of hydrogen-bond acceptors (Lipinski definition) is 5. The smallest absolute Gasteiger partial charge is 0.308 e. The molecule has 0 rings (SSSR count). The zero-order valence-corrected chi connectivity index (χ0v) is 13.6. The highest BCUT2D eigenvalue weighted by Gasteiger charge is 2.20. The zero-order valence-electron chi connectivity index (χ0n) is 11.5. The molecular formula is C12H21IO5. The Kier molecular flexibility index (Phi) is 8.75. The lowest BCUT2D eigenvalue weighted by molar-refractivity contribution is -0.425. The van der Waals surface area contributed by atoms with E-state index in [0.717, 1.165) is 12.8 Å². The van der Waals surface area contributed by atoms with Crippen LogP contribution in [0.4, 0.5) is 0 Å². The van der Waals surface area contributed by atoms with Gasteiger partial charge in [0.05, 0.1) is 0 Å². The van der Waals surface area contributed by atoms with Crippen molar-refractivity contribution in [1.29, 1.82) is 0 Å². The van der Waals surface area contributed by atoms with Crippen molar-refractivity contribution in [2.75, 3.05) is 7.11 Å². The third-order valence-corrected chi connectivity index (χ3v) is 2.58. The van der Waals surface area contributed by atoms with Gasteiger partial charge in [0.2, 0.25) is 0 Å². The molecule has 106 valence electrons. The van der Waals surface area contributed by atoms with Crippen molar-refractivity contribution in [1.82, 2.24) is 0 Å². The first-order valence-corrected chi connectivity index (χ1v) is 6.84. The molecule has 0 aromatic heterocycles. The van der Waals surface area contributed by atoms with Crippen molar-refractivity contribution in [3.05, 3.63) is 9.84 Å². The Morgan fingerprint density at radius 2 is 2.06 bits per heavy atom. The van der Waals surface area contributed by atoms with Gasteiger partial charge in [-0.25, -0.2) is 9.78 Å². The highest BCUT2D eigenvalue weighted by atomic mass is 127. The molecular weight excluding hydrogens is 351 g/mol. The van der Waals surface area contributed by atoms with Gasteiger partial charge in [0, 0.05) is 14.0 Å². The van der Waals surface area contributed by atoms with Gasteiger partial charge in [-0.05, 0) is 48.9 Å². The van der Waals surface area contributed by atoms with Crippen molar-refractivity contribution in [2.24, 2.45) is 0 Å². The van der Waals surface area contributed by atoms with Crippen molar-refractivity contribution in [2.45, 2.75) is 52.4 Å². The van der Waals surface area contributed by atoms with Gasteiger partial charge in [0.15, 0.2) is 9.55 Å². The number of esters is 1. The van der Waals surface area contributed by atoms with Crippen LogP contribution in [0, 0.1) is 0 Å². The third kappa shape index (κ3) is 8.84. The lowest BCUT2D eigenvalue weighted by atomic mass is 10.2. The molecule has 0 spiro atoms. The minimum Gasteiger partial charge on any atom is -0.420 e. The van der Waals surface area contributed by atoms with E-state index in [2.05, 4.69) is 0 Å². The molecule has 18 heavy (non-hydrogen) atoms. The van der Waals surface area contributed by atoms with Crippen LogP contribution in [-0.2, 0) is 24.0 Å². The molecule has 0 aromatic rings. The molecule has 0 radical (unpaired) electrons. The first-order valence-electron chi connectivity index (χ1n) is 5.76. The fourth-order valence-corrected chi connectivity index (χ4v) is 1.68. The standard InChI is InChI=1S/C12H21IO5/c1-6-7-10(8-11(13)16-9(2)14)17-18-12(3,4)15-5/h8,10H,6-7H2,1-5H3/b11-8-. The van der Waals surface area contributed by atoms with Gasteiger partial charge in [-0.1, -0.05) is 13.3 Å². The first kappa shape index (κ1) is 17.8. The molecule has 0 aromatic carbocycles. The lowest BCUT2D eigenvalue weighted by Gasteiger charge is -2.24. The van der Waals surface area contributed by atoms with Crippen LogP contribution < -0.4 is 0 Å². The molecule has 0 aliphatic heterocycles. The van der Waals surface area contributed by atoms with Gasteiger partial charge >= 0.3 is 5.97 Å². The maximum Gasteiger partial charge on any atom is 0.308 e. The van der Waals surface area contributed by atoms with E-state index < -0.39 is 5.79 Å². The van der Waals surface area contributed by atoms with Crippen LogP contribution in [0.1, 0.15) is 40.5 Å². The summed E-state index contributed by atoms with van der Waals surface area (Å²) in [5.41, 5.74) is 0. The molecule has 0 heterocycles. The molecule has 0 bridgehead atoms. The monoisotopic (exact) mass is 372 g/mol. The second kappa shape index (κ2) is 8.84. The summed E-state index contributed by atoms with van der Waals surface area (Å²) < 4.78 is 10.5. The highest BCUT2D eigenvalue weighted by molar-refractivity contribution is 14.1. The summed E-state index contributed by atoms with van der Waals surface area (Å²) in [7, 11) is 1.54. The second-order valence-corrected chi connectivity index (χ2v) is 5.24. The SMILES string of the molecule is CCCC(/C=C(/I)OC(C)=O)OOC(C)(C)OC. The Bertz CT molecular complexity index is 288. The molecule has 0 aliphatic carbocycles. The van der Waals surface area contributed by atoms with Crippen LogP contribution in [0.15, 0.2) is 9.84 Å². The van der Waals surface area contributed by atoms with Crippen LogP contribution in [0.5, 0.6) is 0 Å². The quantitative estimate of drug-likeness (QED) is 0.163. The molecule has 0 N–H and O–H groups in total. The first-order chi connectivity index (χ1) is 8.30. The minimum absolute atomic E-state index is 0.282. The number of rotatable bonds is 8. The average molecular weight is 372 g/mol. The summed E-state index contributed by atoms with van der Waals surface area (Å²) >= 11 is 1.93. The van der Waals surface area contributed by atoms with E-state index in [-0.39, 0.29) is 12.1 Å². The Morgan fingerprint density at radius 1 is 1.44 bits per heavy atom. The van der Waals surface area contributed by atoms with Gasteiger partial charge in [-0.2, -0.15) is 0 Å². The molecule has 5 nitrogen and oxygen atoms in total. The van der Waals surface area contributed by atoms with E-state index in [0.29, 0.717) is 3.77 Å². The number of carbonyl (C=O) groups is 1. The average Bonchev–Trinajstić information content (AvgIpc) is 2.25. The molecule has 0 saturated carbocycles. The summed E-state index contributed by atoms with van der Waals surface area (Å²) in [6.07, 6.45) is 3.10. The van der Waals surface area contributed by atoms with Crippen LogP contribution in [0.2, 0.25) is 0 Å². The van der Waals surface area contributed by atoms with Crippen LogP contribution >= 0.6 is 22.6 Å². The summed E-state index contributed by atoms with van der Waals surface area (Å²) in [6, 6.07) is 0. The third-order valence-electron chi connectivity index (χ3n) is 2.00. The summed E-state index contributed by atoms with van der Waals surface area (Å²) in [5.74, 6) is -1.17. The summed E-state index contributed by atoms with van der Waals surface area (Å²) in [4.78, 5) is 21.3. The Balaban J connectivity index is 4.43. The minimum atomic E-state index is -0.813. The van der Waals surface area contributed by atoms with E-state index >= 15 is 0 Å². The maximum atomic E-state index is 10.8. The highest BCUT2D eigenvalue weighted by Crippen LogP contribution is 2.17. The van der Waals surface area contributed by atoms with Crippen molar-refractivity contribution < 1.29 is 24.0 Å². The fourth-order valence-electron chi connectivity index (χ4n) is 0.973.